The second-order valence-electron chi connectivity index (χ2n) is 3.09. The largest absolute Gasteiger partial charge is 0.314 e. The van der Waals surface area contributed by atoms with E-state index < -0.39 is 6.17 Å². The van der Waals surface area contributed by atoms with E-state index in [1.165, 1.54) is 0 Å². The number of alkyl halides is 1. The molecule has 0 saturated carbocycles. The van der Waals surface area contributed by atoms with Gasteiger partial charge < -0.3 is 10.2 Å². The molecule has 2 atom stereocenters. The smallest absolute Gasteiger partial charge is 0.128 e. The lowest BCUT2D eigenvalue weighted by atomic mass is 10.0. The molecule has 0 aliphatic carbocycles. The molecule has 1 aliphatic rings. The minimum atomic E-state index is -0.686. The van der Waals surface area contributed by atoms with Gasteiger partial charge in [0.05, 0.1) is 0 Å². The Bertz CT molecular complexity index is 119. The van der Waals surface area contributed by atoms with E-state index in [4.69, 9.17) is 0 Å². The Balaban J connectivity index is 2.34. The average molecular weight is 160 g/mol. The Hall–Kier alpha value is -0.150. The van der Waals surface area contributed by atoms with E-state index in [-0.39, 0.29) is 6.04 Å². The number of hydrogen-bond acceptors (Lipinski definition) is 2. The Labute approximate surface area is 67.8 Å². The molecule has 1 saturated heterocycles. The van der Waals surface area contributed by atoms with Gasteiger partial charge in [-0.25, -0.2) is 4.39 Å². The van der Waals surface area contributed by atoms with Gasteiger partial charge in [-0.05, 0) is 26.6 Å². The fraction of sp³-hybridized carbons (Fsp3) is 1.00. The van der Waals surface area contributed by atoms with Crippen molar-refractivity contribution >= 4 is 0 Å². The molecule has 0 spiro atoms. The first kappa shape index (κ1) is 8.94. The highest BCUT2D eigenvalue weighted by atomic mass is 19.1. The van der Waals surface area contributed by atoms with Crippen LogP contribution in [0, 0.1) is 0 Å². The first-order valence-corrected chi connectivity index (χ1v) is 4.31. The minimum absolute atomic E-state index is 0.0813. The fourth-order valence-corrected chi connectivity index (χ4v) is 1.58. The van der Waals surface area contributed by atoms with Crippen LogP contribution in [0.25, 0.3) is 0 Å². The summed E-state index contributed by atoms with van der Waals surface area (Å²) in [6.45, 7) is 4.67. The van der Waals surface area contributed by atoms with Crippen LogP contribution < -0.4 is 5.32 Å². The van der Waals surface area contributed by atoms with Crippen molar-refractivity contribution in [2.45, 2.75) is 25.6 Å². The molecule has 1 rings (SSSR count). The van der Waals surface area contributed by atoms with Gasteiger partial charge in [0.25, 0.3) is 0 Å². The minimum Gasteiger partial charge on any atom is -0.314 e. The van der Waals surface area contributed by atoms with E-state index in [0.717, 1.165) is 19.5 Å². The summed E-state index contributed by atoms with van der Waals surface area (Å²) in [5.74, 6) is 0. The number of rotatable bonds is 2. The first-order valence-electron chi connectivity index (χ1n) is 4.31. The molecule has 11 heavy (non-hydrogen) atoms. The van der Waals surface area contributed by atoms with Crippen LogP contribution in [0.2, 0.25) is 0 Å². The number of piperidine rings is 1. The zero-order valence-electron chi connectivity index (χ0n) is 7.31. The molecule has 0 radical (unpaired) electrons. The van der Waals surface area contributed by atoms with Crippen molar-refractivity contribution in [3.05, 3.63) is 0 Å². The van der Waals surface area contributed by atoms with E-state index in [0.29, 0.717) is 6.54 Å². The molecule has 1 N–H and O–H groups in total. The van der Waals surface area contributed by atoms with Crippen LogP contribution in [0.3, 0.4) is 0 Å². The zero-order valence-corrected chi connectivity index (χ0v) is 7.31. The van der Waals surface area contributed by atoms with Gasteiger partial charge >= 0.3 is 0 Å². The standard InChI is InChI=1S/C8H17FN2/c1-3-11-5-4-8(10-2)7(9)6-11/h7-8,10H,3-6H2,1-2H3/t7-,8?/m0/s1. The Kier molecular flexibility index (Phi) is 3.27. The molecule has 1 unspecified atom stereocenters. The van der Waals surface area contributed by atoms with Gasteiger partial charge in [0.15, 0.2) is 0 Å². The molecule has 0 aromatic heterocycles. The summed E-state index contributed by atoms with van der Waals surface area (Å²) in [5.41, 5.74) is 0. The van der Waals surface area contributed by atoms with Gasteiger partial charge in [-0.1, -0.05) is 6.92 Å². The second-order valence-corrected chi connectivity index (χ2v) is 3.09. The average Bonchev–Trinajstić information content (AvgIpc) is 2.04. The van der Waals surface area contributed by atoms with Crippen LogP contribution in [0.5, 0.6) is 0 Å². The number of nitrogens with one attached hydrogen (secondary N) is 1. The molecule has 3 heteroatoms. The highest BCUT2D eigenvalue weighted by molar-refractivity contribution is 4.83. The quantitative estimate of drug-likeness (QED) is 0.637. The van der Waals surface area contributed by atoms with Gasteiger partial charge in [0.2, 0.25) is 0 Å². The summed E-state index contributed by atoms with van der Waals surface area (Å²) in [6, 6.07) is 0.0813. The highest BCUT2D eigenvalue weighted by Gasteiger charge is 2.26. The summed E-state index contributed by atoms with van der Waals surface area (Å²) in [6.07, 6.45) is 0.250. The third-order valence-electron chi connectivity index (χ3n) is 2.44. The summed E-state index contributed by atoms with van der Waals surface area (Å²) in [7, 11) is 1.83. The third kappa shape index (κ3) is 2.14. The van der Waals surface area contributed by atoms with Crippen molar-refractivity contribution in [1.82, 2.24) is 10.2 Å². The number of hydrogen-bond donors (Lipinski definition) is 1. The van der Waals surface area contributed by atoms with Gasteiger partial charge in [-0.3, -0.25) is 0 Å². The molecule has 0 aromatic rings. The topological polar surface area (TPSA) is 15.3 Å². The van der Waals surface area contributed by atoms with Crippen LogP contribution in [-0.4, -0.2) is 43.8 Å². The van der Waals surface area contributed by atoms with Gasteiger partial charge in [-0.2, -0.15) is 0 Å². The summed E-state index contributed by atoms with van der Waals surface area (Å²) in [5, 5.41) is 3.00. The fourth-order valence-electron chi connectivity index (χ4n) is 1.58. The summed E-state index contributed by atoms with van der Waals surface area (Å²) >= 11 is 0. The molecule has 1 aliphatic heterocycles. The Morgan fingerprint density at radius 1 is 1.64 bits per heavy atom. The van der Waals surface area contributed by atoms with Crippen LogP contribution in [0.4, 0.5) is 4.39 Å². The van der Waals surface area contributed by atoms with Crippen molar-refractivity contribution in [2.24, 2.45) is 0 Å². The second kappa shape index (κ2) is 4.02. The van der Waals surface area contributed by atoms with E-state index in [1.54, 1.807) is 0 Å². The SMILES string of the molecule is CCN1CCC(NC)[C@@H](F)C1. The van der Waals surface area contributed by atoms with E-state index >= 15 is 0 Å². The lowest BCUT2D eigenvalue weighted by Gasteiger charge is -2.33. The van der Waals surface area contributed by atoms with Gasteiger partial charge in [0, 0.05) is 12.6 Å². The highest BCUT2D eigenvalue weighted by Crippen LogP contribution is 2.12. The maximum Gasteiger partial charge on any atom is 0.128 e. The van der Waals surface area contributed by atoms with Crippen LogP contribution in [0.1, 0.15) is 13.3 Å². The van der Waals surface area contributed by atoms with E-state index in [9.17, 15) is 4.39 Å². The lowest BCUT2D eigenvalue weighted by Crippen LogP contribution is -2.49. The molecular weight excluding hydrogens is 143 g/mol. The maximum atomic E-state index is 13.2. The zero-order chi connectivity index (χ0) is 8.27. The Morgan fingerprint density at radius 2 is 2.36 bits per heavy atom. The summed E-state index contributed by atoms with van der Waals surface area (Å²) in [4.78, 5) is 2.15. The van der Waals surface area contributed by atoms with Crippen molar-refractivity contribution in [3.8, 4) is 0 Å². The van der Waals surface area contributed by atoms with Crippen molar-refractivity contribution in [1.29, 1.82) is 0 Å². The molecule has 0 amide bonds. The van der Waals surface area contributed by atoms with Gasteiger partial charge in [-0.15, -0.1) is 0 Å². The van der Waals surface area contributed by atoms with E-state index in [2.05, 4.69) is 17.1 Å². The monoisotopic (exact) mass is 160 g/mol. The molecular formula is C8H17FN2. The van der Waals surface area contributed by atoms with Gasteiger partial charge in [0.1, 0.15) is 6.17 Å². The number of nitrogens with zero attached hydrogens (tertiary/aromatic N) is 1. The normalized spacial score (nSPS) is 34.1. The molecule has 0 aromatic carbocycles. The van der Waals surface area contributed by atoms with Crippen LogP contribution in [0.15, 0.2) is 0 Å². The maximum absolute atomic E-state index is 13.2. The Morgan fingerprint density at radius 3 is 2.82 bits per heavy atom. The third-order valence-corrected chi connectivity index (χ3v) is 2.44. The molecule has 2 nitrogen and oxygen atoms in total. The van der Waals surface area contributed by atoms with Crippen LogP contribution in [-0.2, 0) is 0 Å². The van der Waals surface area contributed by atoms with Crippen LogP contribution >= 0.6 is 0 Å². The number of halogens is 1. The molecule has 66 valence electrons. The molecule has 0 bridgehead atoms. The molecule has 1 fully saturated rings. The summed E-state index contributed by atoms with van der Waals surface area (Å²) < 4.78 is 13.2. The number of likely N-dealkylation sites (tertiary alicyclic amines) is 1. The predicted molar refractivity (Wildman–Crippen MR) is 44.5 cm³/mol. The van der Waals surface area contributed by atoms with Crippen molar-refractivity contribution < 1.29 is 4.39 Å². The molecule has 1 heterocycles. The van der Waals surface area contributed by atoms with Crippen molar-refractivity contribution in [3.63, 3.8) is 0 Å². The van der Waals surface area contributed by atoms with Crippen molar-refractivity contribution in [2.75, 3.05) is 26.7 Å². The first-order chi connectivity index (χ1) is 5.27. The van der Waals surface area contributed by atoms with E-state index in [1.807, 2.05) is 7.05 Å². The lowest BCUT2D eigenvalue weighted by molar-refractivity contribution is 0.112. The predicted octanol–water partition coefficient (Wildman–Crippen LogP) is 0.638.